The molecule has 0 radical (unpaired) electrons. The Bertz CT molecular complexity index is 790. The molecular weight excluding hydrogens is 366 g/mol. The zero-order valence-corrected chi connectivity index (χ0v) is 16.1. The number of carbonyl (C=O) groups is 1. The van der Waals surface area contributed by atoms with E-state index in [1.165, 1.54) is 10.5 Å². The van der Waals surface area contributed by atoms with E-state index in [2.05, 4.69) is 20.8 Å². The van der Waals surface area contributed by atoms with Gasteiger partial charge >= 0.3 is 0 Å². The van der Waals surface area contributed by atoms with Crippen LogP contribution < -0.4 is 0 Å². The van der Waals surface area contributed by atoms with Crippen molar-refractivity contribution in [3.63, 3.8) is 0 Å². The maximum absolute atomic E-state index is 12.3. The first-order valence-corrected chi connectivity index (χ1v) is 10.1. The van der Waals surface area contributed by atoms with E-state index in [-0.39, 0.29) is 17.9 Å². The van der Waals surface area contributed by atoms with Gasteiger partial charge in [0.2, 0.25) is 0 Å². The van der Waals surface area contributed by atoms with Gasteiger partial charge in [-0.25, -0.2) is 0 Å². The molecule has 0 bridgehead atoms. The number of thioether (sulfide) groups is 1. The van der Waals surface area contributed by atoms with Gasteiger partial charge in [-0.1, -0.05) is 69.0 Å². The summed E-state index contributed by atoms with van der Waals surface area (Å²) in [5, 5.41) is 0. The van der Waals surface area contributed by atoms with Crippen LogP contribution in [-0.4, -0.2) is 40.4 Å². The zero-order valence-electron chi connectivity index (χ0n) is 13.6. The van der Waals surface area contributed by atoms with Crippen LogP contribution in [0.5, 0.6) is 0 Å². The van der Waals surface area contributed by atoms with Crippen LogP contribution in [0.25, 0.3) is 6.08 Å². The number of carbonyl (C=O) groups excluding carboxylic acids is 1. The highest BCUT2D eigenvalue weighted by atomic mass is 32.2. The van der Waals surface area contributed by atoms with E-state index >= 15 is 0 Å². The van der Waals surface area contributed by atoms with E-state index in [0.29, 0.717) is 9.23 Å². The maximum Gasteiger partial charge on any atom is 0.266 e. The third-order valence-corrected chi connectivity index (χ3v) is 5.60. The third kappa shape index (κ3) is 4.89. The van der Waals surface area contributed by atoms with Crippen LogP contribution in [0.15, 0.2) is 29.2 Å². The SMILES string of the molecule is CC(C)(C)c1ccc(/C=C2/SC(=S)N(CCS(=O)(=O)O)C2=O)cc1. The summed E-state index contributed by atoms with van der Waals surface area (Å²) in [6.07, 6.45) is 1.74. The topological polar surface area (TPSA) is 74.7 Å². The molecule has 5 nitrogen and oxygen atoms in total. The van der Waals surface area contributed by atoms with Gasteiger partial charge in [-0.05, 0) is 22.6 Å². The van der Waals surface area contributed by atoms with Crippen LogP contribution in [0.2, 0.25) is 0 Å². The molecule has 1 aliphatic heterocycles. The number of benzene rings is 1. The fourth-order valence-corrected chi connectivity index (χ4v) is 3.85. The minimum absolute atomic E-state index is 0.0533. The second-order valence-corrected chi connectivity index (χ2v) is 9.74. The minimum Gasteiger partial charge on any atom is -0.292 e. The first-order valence-electron chi connectivity index (χ1n) is 7.28. The van der Waals surface area contributed by atoms with Crippen molar-refractivity contribution < 1.29 is 17.8 Å². The molecule has 8 heteroatoms. The van der Waals surface area contributed by atoms with Gasteiger partial charge in [0.25, 0.3) is 16.0 Å². The summed E-state index contributed by atoms with van der Waals surface area (Å²) in [5.41, 5.74) is 2.12. The van der Waals surface area contributed by atoms with E-state index < -0.39 is 15.9 Å². The molecule has 2 rings (SSSR count). The predicted octanol–water partition coefficient (Wildman–Crippen LogP) is 3.07. The van der Waals surface area contributed by atoms with E-state index in [0.717, 1.165) is 17.3 Å². The van der Waals surface area contributed by atoms with Crippen LogP contribution in [0, 0.1) is 0 Å². The lowest BCUT2D eigenvalue weighted by molar-refractivity contribution is -0.121. The normalized spacial score (nSPS) is 17.8. The van der Waals surface area contributed by atoms with Crippen LogP contribution in [0.4, 0.5) is 0 Å². The molecule has 1 aromatic rings. The van der Waals surface area contributed by atoms with Crippen molar-refractivity contribution in [2.24, 2.45) is 0 Å². The Morgan fingerprint density at radius 3 is 2.33 bits per heavy atom. The third-order valence-electron chi connectivity index (χ3n) is 3.52. The van der Waals surface area contributed by atoms with Crippen molar-refractivity contribution in [1.29, 1.82) is 0 Å². The smallest absolute Gasteiger partial charge is 0.266 e. The van der Waals surface area contributed by atoms with Crippen molar-refractivity contribution in [3.8, 4) is 0 Å². The second-order valence-electron chi connectivity index (χ2n) is 6.49. The summed E-state index contributed by atoms with van der Waals surface area (Å²) in [6.45, 7) is 6.23. The summed E-state index contributed by atoms with van der Waals surface area (Å²) in [5.74, 6) is -0.874. The molecule has 1 aliphatic rings. The van der Waals surface area contributed by atoms with E-state index in [1.807, 2.05) is 24.3 Å². The Balaban J connectivity index is 2.16. The maximum atomic E-state index is 12.3. The first kappa shape index (κ1) is 19.1. The second kappa shape index (κ2) is 6.95. The number of hydrogen-bond donors (Lipinski definition) is 1. The summed E-state index contributed by atoms with van der Waals surface area (Å²) >= 11 is 6.25. The molecule has 1 aromatic carbocycles. The molecule has 1 amide bonds. The van der Waals surface area contributed by atoms with Crippen molar-refractivity contribution in [2.45, 2.75) is 26.2 Å². The van der Waals surface area contributed by atoms with Gasteiger partial charge in [0, 0.05) is 6.54 Å². The van der Waals surface area contributed by atoms with Crippen LogP contribution in [0.1, 0.15) is 31.9 Å². The van der Waals surface area contributed by atoms with Gasteiger partial charge in [0.05, 0.1) is 10.7 Å². The van der Waals surface area contributed by atoms with Crippen LogP contribution in [0.3, 0.4) is 0 Å². The van der Waals surface area contributed by atoms with Gasteiger partial charge < -0.3 is 0 Å². The van der Waals surface area contributed by atoms with Crippen LogP contribution >= 0.6 is 24.0 Å². The largest absolute Gasteiger partial charge is 0.292 e. The molecule has 1 heterocycles. The molecule has 0 spiro atoms. The Labute approximate surface area is 151 Å². The van der Waals surface area contributed by atoms with E-state index in [9.17, 15) is 13.2 Å². The van der Waals surface area contributed by atoms with Gasteiger partial charge in [-0.3, -0.25) is 14.2 Å². The first-order chi connectivity index (χ1) is 11.0. The predicted molar refractivity (Wildman–Crippen MR) is 101 cm³/mol. The van der Waals surface area contributed by atoms with E-state index in [4.69, 9.17) is 16.8 Å². The molecule has 0 atom stereocenters. The number of rotatable bonds is 4. The standard InChI is InChI=1S/C16H19NO4S3/c1-16(2,3)12-6-4-11(5-7-12)10-13-14(18)17(15(22)23-13)8-9-24(19,20)21/h4-7,10H,8-9H2,1-3H3,(H,19,20,21)/b13-10+. The fraction of sp³-hybridized carbons (Fsp3) is 0.375. The Morgan fingerprint density at radius 2 is 1.83 bits per heavy atom. The quantitative estimate of drug-likeness (QED) is 0.488. The lowest BCUT2D eigenvalue weighted by Crippen LogP contribution is -2.32. The van der Waals surface area contributed by atoms with Crippen molar-refractivity contribution in [1.82, 2.24) is 4.90 Å². The molecule has 1 saturated heterocycles. The van der Waals surface area contributed by atoms with Crippen molar-refractivity contribution >= 4 is 50.4 Å². The number of nitrogens with zero attached hydrogens (tertiary/aromatic N) is 1. The molecule has 0 saturated carbocycles. The molecule has 24 heavy (non-hydrogen) atoms. The molecule has 0 aromatic heterocycles. The highest BCUT2D eigenvalue weighted by molar-refractivity contribution is 8.26. The van der Waals surface area contributed by atoms with Gasteiger partial charge in [-0.2, -0.15) is 8.42 Å². The highest BCUT2D eigenvalue weighted by Gasteiger charge is 2.32. The summed E-state index contributed by atoms with van der Waals surface area (Å²) < 4.78 is 30.8. The monoisotopic (exact) mass is 385 g/mol. The lowest BCUT2D eigenvalue weighted by Gasteiger charge is -2.18. The molecule has 1 fully saturated rings. The molecule has 0 unspecified atom stereocenters. The average Bonchev–Trinajstić information content (AvgIpc) is 2.70. The van der Waals surface area contributed by atoms with Gasteiger partial charge in [0.15, 0.2) is 0 Å². The molecule has 1 N–H and O–H groups in total. The highest BCUT2D eigenvalue weighted by Crippen LogP contribution is 2.32. The summed E-state index contributed by atoms with van der Waals surface area (Å²) in [6, 6.07) is 7.91. The average molecular weight is 386 g/mol. The Hall–Kier alpha value is -1.22. The number of hydrogen-bond acceptors (Lipinski definition) is 5. The summed E-state index contributed by atoms with van der Waals surface area (Å²) in [4.78, 5) is 14.0. The number of thiocarbonyl (C=S) groups is 1. The zero-order chi connectivity index (χ0) is 18.1. The van der Waals surface area contributed by atoms with Crippen molar-refractivity contribution in [2.75, 3.05) is 12.3 Å². The van der Waals surface area contributed by atoms with Crippen molar-refractivity contribution in [3.05, 3.63) is 40.3 Å². The Kier molecular flexibility index (Phi) is 5.54. The van der Waals surface area contributed by atoms with Crippen LogP contribution in [-0.2, 0) is 20.3 Å². The fourth-order valence-electron chi connectivity index (χ4n) is 2.13. The van der Waals surface area contributed by atoms with E-state index in [1.54, 1.807) is 6.08 Å². The number of amides is 1. The Morgan fingerprint density at radius 1 is 1.25 bits per heavy atom. The lowest BCUT2D eigenvalue weighted by atomic mass is 9.87. The van der Waals surface area contributed by atoms with Gasteiger partial charge in [0.1, 0.15) is 4.32 Å². The minimum atomic E-state index is -4.14. The van der Waals surface area contributed by atoms with Gasteiger partial charge in [-0.15, -0.1) is 0 Å². The molecular formula is C16H19NO4S3. The molecule has 130 valence electrons. The molecule has 0 aliphatic carbocycles. The summed E-state index contributed by atoms with van der Waals surface area (Å²) in [7, 11) is -4.14.